The van der Waals surface area contributed by atoms with E-state index in [1.54, 1.807) is 0 Å². The fraction of sp³-hybridized carbons (Fsp3) is 0.667. The molecule has 0 bridgehead atoms. The van der Waals surface area contributed by atoms with E-state index >= 15 is 0 Å². The molecule has 1 rings (SSSR count). The number of aromatic nitrogens is 3. The summed E-state index contributed by atoms with van der Waals surface area (Å²) in [5, 5.41) is 8.65. The van der Waals surface area contributed by atoms with Crippen molar-refractivity contribution in [2.45, 2.75) is 12.8 Å². The highest BCUT2D eigenvalue weighted by atomic mass is 16.2. The van der Waals surface area contributed by atoms with E-state index in [2.05, 4.69) is 25.4 Å². The van der Waals surface area contributed by atoms with Crippen molar-refractivity contribution in [1.29, 1.82) is 0 Å². The van der Waals surface area contributed by atoms with Crippen LogP contribution in [0.3, 0.4) is 0 Å². The molecule has 3 N–H and O–H groups in total. The van der Waals surface area contributed by atoms with Crippen LogP contribution in [0.15, 0.2) is 9.59 Å². The molecule has 16 heavy (non-hydrogen) atoms. The molecule has 0 fully saturated rings. The molecule has 0 aliphatic rings. The normalized spacial score (nSPS) is 10.7. The molecule has 7 heteroatoms. The Balaban J connectivity index is 2.32. The zero-order chi connectivity index (χ0) is 12.0. The molecule has 0 aromatic carbocycles. The third kappa shape index (κ3) is 4.26. The third-order valence-electron chi connectivity index (χ3n) is 2.04. The molecule has 1 aromatic heterocycles. The first-order valence-corrected chi connectivity index (χ1v) is 5.17. The summed E-state index contributed by atoms with van der Waals surface area (Å²) < 4.78 is 0. The van der Waals surface area contributed by atoms with Crippen LogP contribution in [0, 0.1) is 0 Å². The average Bonchev–Trinajstić information content (AvgIpc) is 2.20. The number of hydrogen-bond acceptors (Lipinski definition) is 5. The third-order valence-corrected chi connectivity index (χ3v) is 2.04. The molecular formula is C9H17N5O2. The number of unbranched alkanes of at least 4 members (excludes halogenated alkanes) is 1. The van der Waals surface area contributed by atoms with Crippen LogP contribution in [-0.2, 0) is 0 Å². The van der Waals surface area contributed by atoms with Gasteiger partial charge in [0.05, 0.1) is 0 Å². The monoisotopic (exact) mass is 227 g/mol. The second-order valence-electron chi connectivity index (χ2n) is 3.79. The summed E-state index contributed by atoms with van der Waals surface area (Å²) in [4.78, 5) is 26.1. The Morgan fingerprint density at radius 3 is 2.69 bits per heavy atom. The number of rotatable bonds is 6. The van der Waals surface area contributed by atoms with Gasteiger partial charge in [-0.3, -0.25) is 9.78 Å². The molecule has 0 amide bonds. The van der Waals surface area contributed by atoms with Crippen LogP contribution >= 0.6 is 0 Å². The van der Waals surface area contributed by atoms with Gasteiger partial charge >= 0.3 is 5.69 Å². The van der Waals surface area contributed by atoms with E-state index in [9.17, 15) is 9.59 Å². The molecular weight excluding hydrogens is 210 g/mol. The van der Waals surface area contributed by atoms with Gasteiger partial charge in [0.15, 0.2) is 0 Å². The van der Waals surface area contributed by atoms with Crippen LogP contribution in [0.25, 0.3) is 0 Å². The molecule has 1 aromatic rings. The lowest BCUT2D eigenvalue weighted by Gasteiger charge is -2.08. The minimum absolute atomic E-state index is 0.157. The lowest BCUT2D eigenvalue weighted by Crippen LogP contribution is -2.27. The predicted octanol–water partition coefficient (Wildman–Crippen LogP) is -0.788. The zero-order valence-corrected chi connectivity index (χ0v) is 9.54. The first kappa shape index (κ1) is 12.4. The molecule has 0 radical (unpaired) electrons. The number of nitrogens with zero attached hydrogens (tertiary/aromatic N) is 2. The van der Waals surface area contributed by atoms with Crippen molar-refractivity contribution in [1.82, 2.24) is 20.1 Å². The van der Waals surface area contributed by atoms with E-state index in [-0.39, 0.29) is 5.82 Å². The molecule has 0 saturated heterocycles. The van der Waals surface area contributed by atoms with Gasteiger partial charge in [0.1, 0.15) is 0 Å². The van der Waals surface area contributed by atoms with Crippen molar-refractivity contribution >= 4 is 5.82 Å². The number of hydrogen-bond donors (Lipinski definition) is 3. The zero-order valence-electron chi connectivity index (χ0n) is 9.54. The summed E-state index contributed by atoms with van der Waals surface area (Å²) in [6, 6.07) is 0. The smallest absolute Gasteiger partial charge is 0.342 e. The van der Waals surface area contributed by atoms with Gasteiger partial charge < -0.3 is 10.2 Å². The summed E-state index contributed by atoms with van der Waals surface area (Å²) in [5.41, 5.74) is -1.08. The highest BCUT2D eigenvalue weighted by Gasteiger charge is 2.00. The molecule has 0 saturated carbocycles. The average molecular weight is 227 g/mol. The Morgan fingerprint density at radius 2 is 2.06 bits per heavy atom. The van der Waals surface area contributed by atoms with Gasteiger partial charge in [-0.05, 0) is 33.5 Å². The first-order valence-electron chi connectivity index (χ1n) is 5.17. The van der Waals surface area contributed by atoms with E-state index in [1.807, 2.05) is 14.1 Å². The number of H-pyrrole nitrogens is 2. The Hall–Kier alpha value is -1.63. The molecule has 0 aliphatic carbocycles. The van der Waals surface area contributed by atoms with Crippen molar-refractivity contribution in [3.05, 3.63) is 20.8 Å². The van der Waals surface area contributed by atoms with Crippen LogP contribution < -0.4 is 16.6 Å². The highest BCUT2D eigenvalue weighted by molar-refractivity contribution is 5.28. The van der Waals surface area contributed by atoms with Crippen LogP contribution in [-0.4, -0.2) is 47.3 Å². The second-order valence-corrected chi connectivity index (χ2v) is 3.79. The van der Waals surface area contributed by atoms with Gasteiger partial charge in [0, 0.05) is 6.54 Å². The Bertz CT molecular complexity index is 422. The van der Waals surface area contributed by atoms with Crippen LogP contribution in [0.1, 0.15) is 12.8 Å². The molecule has 0 unspecified atom stereocenters. The number of nitrogens with one attached hydrogen (secondary N) is 3. The van der Waals surface area contributed by atoms with E-state index < -0.39 is 11.2 Å². The summed E-state index contributed by atoms with van der Waals surface area (Å²) >= 11 is 0. The molecule has 0 spiro atoms. The van der Waals surface area contributed by atoms with E-state index in [0.29, 0.717) is 6.54 Å². The SMILES string of the molecule is CN(C)CCCCNc1n[nH]c(=O)[nH]c1=O. The largest absolute Gasteiger partial charge is 0.364 e. The van der Waals surface area contributed by atoms with Crippen molar-refractivity contribution < 1.29 is 0 Å². The fourth-order valence-corrected chi connectivity index (χ4v) is 1.23. The Labute approximate surface area is 92.9 Å². The number of anilines is 1. The highest BCUT2D eigenvalue weighted by Crippen LogP contribution is 1.93. The van der Waals surface area contributed by atoms with Crippen molar-refractivity contribution in [2.75, 3.05) is 32.5 Å². The van der Waals surface area contributed by atoms with Gasteiger partial charge in [0.25, 0.3) is 5.56 Å². The van der Waals surface area contributed by atoms with Crippen molar-refractivity contribution in [3.8, 4) is 0 Å². The van der Waals surface area contributed by atoms with Crippen LogP contribution in [0.2, 0.25) is 0 Å². The Kier molecular flexibility index (Phi) is 4.71. The van der Waals surface area contributed by atoms with Crippen molar-refractivity contribution in [3.63, 3.8) is 0 Å². The molecule has 0 atom stereocenters. The fourth-order valence-electron chi connectivity index (χ4n) is 1.23. The molecule has 0 aliphatic heterocycles. The lowest BCUT2D eigenvalue weighted by molar-refractivity contribution is 0.396. The van der Waals surface area contributed by atoms with Gasteiger partial charge in [-0.15, -0.1) is 5.10 Å². The first-order chi connectivity index (χ1) is 7.59. The summed E-state index contributed by atoms with van der Waals surface area (Å²) in [6.45, 7) is 1.67. The standard InChI is InChI=1S/C9H17N5O2/c1-14(2)6-4-3-5-10-7-8(15)11-9(16)13-12-7/h3-6H2,1-2H3,(H,10,12)(H2,11,13,15,16). The van der Waals surface area contributed by atoms with Gasteiger partial charge in [-0.25, -0.2) is 9.89 Å². The second kappa shape index (κ2) is 6.06. The summed E-state index contributed by atoms with van der Waals surface area (Å²) in [5.74, 6) is 0.157. The van der Waals surface area contributed by atoms with E-state index in [1.165, 1.54) is 0 Å². The Morgan fingerprint density at radius 1 is 1.31 bits per heavy atom. The maximum absolute atomic E-state index is 11.2. The number of aromatic amines is 2. The quantitative estimate of drug-likeness (QED) is 0.554. The summed E-state index contributed by atoms with van der Waals surface area (Å²) in [6.07, 6.45) is 1.99. The van der Waals surface area contributed by atoms with Gasteiger partial charge in [-0.1, -0.05) is 0 Å². The van der Waals surface area contributed by atoms with Gasteiger partial charge in [0.2, 0.25) is 5.82 Å². The maximum atomic E-state index is 11.2. The topological polar surface area (TPSA) is 93.9 Å². The molecule has 1 heterocycles. The lowest BCUT2D eigenvalue weighted by atomic mass is 10.3. The predicted molar refractivity (Wildman–Crippen MR) is 61.8 cm³/mol. The maximum Gasteiger partial charge on any atom is 0.342 e. The van der Waals surface area contributed by atoms with Gasteiger partial charge in [-0.2, -0.15) is 0 Å². The van der Waals surface area contributed by atoms with Crippen LogP contribution in [0.5, 0.6) is 0 Å². The summed E-state index contributed by atoms with van der Waals surface area (Å²) in [7, 11) is 4.03. The van der Waals surface area contributed by atoms with Crippen molar-refractivity contribution in [2.24, 2.45) is 0 Å². The minimum Gasteiger partial charge on any atom is -0.364 e. The molecule has 7 nitrogen and oxygen atoms in total. The van der Waals surface area contributed by atoms with Crippen LogP contribution in [0.4, 0.5) is 5.82 Å². The van der Waals surface area contributed by atoms with E-state index in [4.69, 9.17) is 0 Å². The minimum atomic E-state index is -0.594. The van der Waals surface area contributed by atoms with E-state index in [0.717, 1.165) is 19.4 Å². The molecule has 90 valence electrons.